The Hall–Kier alpha value is -3.00. The summed E-state index contributed by atoms with van der Waals surface area (Å²) in [6, 6.07) is 11.6. The van der Waals surface area contributed by atoms with Crippen LogP contribution in [0.25, 0.3) is 22.2 Å². The van der Waals surface area contributed by atoms with E-state index in [0.29, 0.717) is 18.3 Å². The number of nitrogens with zero attached hydrogens (tertiary/aromatic N) is 3. The topological polar surface area (TPSA) is 88.3 Å². The van der Waals surface area contributed by atoms with Gasteiger partial charge in [-0.2, -0.15) is 4.98 Å². The smallest absolute Gasteiger partial charge is 0.268 e. The van der Waals surface area contributed by atoms with E-state index in [2.05, 4.69) is 15.5 Å². The van der Waals surface area contributed by atoms with Crippen molar-refractivity contribution in [2.45, 2.75) is 51.0 Å². The molecule has 1 N–H and O–H groups in total. The van der Waals surface area contributed by atoms with E-state index in [9.17, 15) is 9.59 Å². The van der Waals surface area contributed by atoms with Gasteiger partial charge in [0.25, 0.3) is 5.89 Å². The molecule has 5 rings (SSSR count). The Balaban J connectivity index is 1.28. The zero-order valence-electron chi connectivity index (χ0n) is 17.8. The lowest BCUT2D eigenvalue weighted by Crippen LogP contribution is -2.39. The van der Waals surface area contributed by atoms with Crippen LogP contribution in [-0.4, -0.2) is 34.5 Å². The molecule has 7 nitrogen and oxygen atoms in total. The molecule has 2 aromatic heterocycles. The van der Waals surface area contributed by atoms with Crippen molar-refractivity contribution in [3.8, 4) is 22.2 Å². The lowest BCUT2D eigenvalue weighted by molar-refractivity contribution is -0.127. The molecule has 8 heteroatoms. The molecule has 0 radical (unpaired) electrons. The molecule has 1 aromatic carbocycles. The van der Waals surface area contributed by atoms with Crippen molar-refractivity contribution in [3.05, 3.63) is 41.8 Å². The number of benzene rings is 1. The Morgan fingerprint density at radius 2 is 1.97 bits per heavy atom. The zero-order chi connectivity index (χ0) is 21.9. The van der Waals surface area contributed by atoms with Crippen LogP contribution >= 0.6 is 11.3 Å². The Bertz CT molecular complexity index is 1090. The molecule has 1 atom stereocenters. The van der Waals surface area contributed by atoms with Crippen LogP contribution in [0.2, 0.25) is 0 Å². The van der Waals surface area contributed by atoms with Crippen molar-refractivity contribution in [2.24, 2.45) is 5.92 Å². The summed E-state index contributed by atoms with van der Waals surface area (Å²) in [5, 5.41) is 9.25. The highest BCUT2D eigenvalue weighted by Crippen LogP contribution is 2.30. The van der Waals surface area contributed by atoms with Crippen LogP contribution in [0.4, 0.5) is 5.69 Å². The maximum atomic E-state index is 12.8. The van der Waals surface area contributed by atoms with Gasteiger partial charge in [0.05, 0.1) is 10.8 Å². The van der Waals surface area contributed by atoms with E-state index >= 15 is 0 Å². The van der Waals surface area contributed by atoms with E-state index < -0.39 is 0 Å². The van der Waals surface area contributed by atoms with Crippen molar-refractivity contribution in [2.75, 3.05) is 11.4 Å². The summed E-state index contributed by atoms with van der Waals surface area (Å²) in [7, 11) is 0. The van der Waals surface area contributed by atoms with Crippen LogP contribution in [0.3, 0.4) is 0 Å². The first-order valence-electron chi connectivity index (χ1n) is 11.3. The maximum absolute atomic E-state index is 12.8. The van der Waals surface area contributed by atoms with Crippen LogP contribution in [0, 0.1) is 5.92 Å². The van der Waals surface area contributed by atoms with E-state index in [-0.39, 0.29) is 30.2 Å². The molecule has 2 amide bonds. The number of amides is 2. The van der Waals surface area contributed by atoms with Crippen molar-refractivity contribution >= 4 is 28.8 Å². The summed E-state index contributed by atoms with van der Waals surface area (Å²) in [4.78, 5) is 32.7. The van der Waals surface area contributed by atoms with Gasteiger partial charge >= 0.3 is 0 Å². The van der Waals surface area contributed by atoms with E-state index in [1.807, 2.05) is 41.8 Å². The Labute approximate surface area is 190 Å². The van der Waals surface area contributed by atoms with Gasteiger partial charge in [0.1, 0.15) is 0 Å². The largest absolute Gasteiger partial charge is 0.353 e. The fourth-order valence-corrected chi connectivity index (χ4v) is 5.17. The minimum Gasteiger partial charge on any atom is -0.353 e. The van der Waals surface area contributed by atoms with Gasteiger partial charge in [-0.3, -0.25) is 9.59 Å². The van der Waals surface area contributed by atoms with Gasteiger partial charge in [-0.15, -0.1) is 11.3 Å². The van der Waals surface area contributed by atoms with E-state index in [0.717, 1.165) is 41.8 Å². The molecule has 2 aliphatic rings. The molecule has 1 aliphatic heterocycles. The van der Waals surface area contributed by atoms with Crippen LogP contribution in [-0.2, 0) is 9.59 Å². The average Bonchev–Trinajstić information content (AvgIpc) is 3.53. The molecule has 0 bridgehead atoms. The number of thiophene rings is 1. The number of carbonyl (C=O) groups is 2. The second-order valence-electron chi connectivity index (χ2n) is 8.55. The summed E-state index contributed by atoms with van der Waals surface area (Å²) < 4.78 is 5.40. The first-order chi connectivity index (χ1) is 15.7. The normalized spacial score (nSPS) is 19.8. The molecule has 1 saturated carbocycles. The van der Waals surface area contributed by atoms with Crippen molar-refractivity contribution in [1.29, 1.82) is 0 Å². The predicted molar refractivity (Wildman–Crippen MR) is 123 cm³/mol. The minimum absolute atomic E-state index is 0.00246. The number of nitrogens with one attached hydrogen (secondary N) is 1. The van der Waals surface area contributed by atoms with Crippen molar-refractivity contribution in [3.63, 3.8) is 0 Å². The molecule has 166 valence electrons. The van der Waals surface area contributed by atoms with Crippen LogP contribution < -0.4 is 10.2 Å². The van der Waals surface area contributed by atoms with Crippen LogP contribution in [0.1, 0.15) is 44.9 Å². The molecular formula is C24H26N4O3S. The van der Waals surface area contributed by atoms with Crippen LogP contribution in [0.15, 0.2) is 46.3 Å². The molecule has 1 saturated heterocycles. The Kier molecular flexibility index (Phi) is 6.03. The predicted octanol–water partition coefficient (Wildman–Crippen LogP) is 4.66. The summed E-state index contributed by atoms with van der Waals surface area (Å²) >= 11 is 1.54. The van der Waals surface area contributed by atoms with Gasteiger partial charge in [0, 0.05) is 30.3 Å². The SMILES string of the molecule is O=C(NC1CCCCCC1)[C@@H]1CC(=O)N(c2cccc(-c3noc(-c4cccs4)n3)c2)C1. The second-order valence-corrected chi connectivity index (χ2v) is 9.50. The second kappa shape index (κ2) is 9.24. The summed E-state index contributed by atoms with van der Waals surface area (Å²) in [5.41, 5.74) is 1.52. The molecule has 2 fully saturated rings. The van der Waals surface area contributed by atoms with Crippen molar-refractivity contribution in [1.82, 2.24) is 15.5 Å². The third kappa shape index (κ3) is 4.46. The number of aromatic nitrogens is 2. The van der Waals surface area contributed by atoms with E-state index in [4.69, 9.17) is 4.52 Å². The third-order valence-corrected chi connectivity index (χ3v) is 7.13. The fraction of sp³-hybridized carbons (Fsp3) is 0.417. The summed E-state index contributed by atoms with van der Waals surface area (Å²) in [5.74, 6) is 0.612. The monoisotopic (exact) mass is 450 g/mol. The Morgan fingerprint density at radius 3 is 2.75 bits per heavy atom. The van der Waals surface area contributed by atoms with Gasteiger partial charge in [-0.25, -0.2) is 0 Å². The van der Waals surface area contributed by atoms with Gasteiger partial charge in [-0.1, -0.05) is 49.0 Å². The quantitative estimate of drug-likeness (QED) is 0.571. The average molecular weight is 451 g/mol. The number of hydrogen-bond acceptors (Lipinski definition) is 6. The van der Waals surface area contributed by atoms with Crippen molar-refractivity contribution < 1.29 is 14.1 Å². The van der Waals surface area contributed by atoms with Gasteiger partial charge < -0.3 is 14.7 Å². The maximum Gasteiger partial charge on any atom is 0.268 e. The Morgan fingerprint density at radius 1 is 1.12 bits per heavy atom. The first kappa shape index (κ1) is 20.9. The molecular weight excluding hydrogens is 424 g/mol. The van der Waals surface area contributed by atoms with Gasteiger partial charge in [0.2, 0.25) is 17.6 Å². The molecule has 3 aromatic rings. The first-order valence-corrected chi connectivity index (χ1v) is 12.1. The number of hydrogen-bond donors (Lipinski definition) is 1. The molecule has 3 heterocycles. The van der Waals surface area contributed by atoms with Gasteiger partial charge in [0.15, 0.2) is 0 Å². The number of anilines is 1. The highest BCUT2D eigenvalue weighted by Gasteiger charge is 2.36. The number of rotatable bonds is 5. The summed E-state index contributed by atoms with van der Waals surface area (Å²) in [6.45, 7) is 0.396. The minimum atomic E-state index is -0.315. The summed E-state index contributed by atoms with van der Waals surface area (Å²) in [6.07, 6.45) is 7.14. The highest BCUT2D eigenvalue weighted by molar-refractivity contribution is 7.13. The lowest BCUT2D eigenvalue weighted by atomic mass is 10.0. The van der Waals surface area contributed by atoms with Gasteiger partial charge in [-0.05, 0) is 36.4 Å². The number of carbonyl (C=O) groups excluding carboxylic acids is 2. The lowest BCUT2D eigenvalue weighted by Gasteiger charge is -2.20. The highest BCUT2D eigenvalue weighted by atomic mass is 32.1. The molecule has 0 unspecified atom stereocenters. The molecule has 32 heavy (non-hydrogen) atoms. The molecule has 1 aliphatic carbocycles. The van der Waals surface area contributed by atoms with E-state index in [1.54, 1.807) is 4.90 Å². The fourth-order valence-electron chi connectivity index (χ4n) is 4.53. The zero-order valence-corrected chi connectivity index (χ0v) is 18.6. The van der Waals surface area contributed by atoms with E-state index in [1.165, 1.54) is 24.2 Å². The molecule has 0 spiro atoms. The standard InChI is InChI=1S/C24H26N4O3S/c29-21-14-17(23(30)25-18-8-3-1-2-4-9-18)15-28(21)19-10-5-7-16(13-19)22-26-24(31-27-22)20-11-6-12-32-20/h5-7,10-13,17-18H,1-4,8-9,14-15H2,(H,25,30)/t17-/m1/s1. The van der Waals surface area contributed by atoms with Crippen LogP contribution in [0.5, 0.6) is 0 Å². The third-order valence-electron chi connectivity index (χ3n) is 6.27.